The quantitative estimate of drug-likeness (QED) is 0.248. The predicted octanol–water partition coefficient (Wildman–Crippen LogP) is 6.41. The summed E-state index contributed by atoms with van der Waals surface area (Å²) >= 11 is 0. The van der Waals surface area contributed by atoms with Gasteiger partial charge in [-0.25, -0.2) is 14.6 Å². The van der Waals surface area contributed by atoms with E-state index in [9.17, 15) is 9.59 Å². The number of carbonyl (C=O) groups excluding carboxylic acids is 2. The number of carbonyl (C=O) groups is 2. The number of benzene rings is 2. The van der Waals surface area contributed by atoms with Crippen LogP contribution in [0.5, 0.6) is 0 Å². The minimum absolute atomic E-state index is 0.00407. The highest BCUT2D eigenvalue weighted by molar-refractivity contribution is 6.11. The van der Waals surface area contributed by atoms with E-state index in [1.54, 1.807) is 41.5 Å². The van der Waals surface area contributed by atoms with E-state index in [2.05, 4.69) is 10.9 Å². The van der Waals surface area contributed by atoms with Gasteiger partial charge in [0.1, 0.15) is 16.8 Å². The second-order valence-corrected chi connectivity index (χ2v) is 11.7. The number of rotatable bonds is 4. The molecule has 0 aliphatic rings. The van der Waals surface area contributed by atoms with Crippen molar-refractivity contribution in [1.29, 1.82) is 0 Å². The average molecular weight is 477 g/mol. The molecule has 3 rings (SSSR count). The van der Waals surface area contributed by atoms with Crippen LogP contribution in [0.1, 0.15) is 68.4 Å². The summed E-state index contributed by atoms with van der Waals surface area (Å²) in [6.45, 7) is 16.4. The lowest BCUT2D eigenvalue weighted by Gasteiger charge is -2.27. The van der Waals surface area contributed by atoms with Crippen LogP contribution in [-0.2, 0) is 19.1 Å². The van der Waals surface area contributed by atoms with Crippen molar-refractivity contribution in [3.05, 3.63) is 54.1 Å². The van der Waals surface area contributed by atoms with Crippen molar-refractivity contribution in [2.24, 2.45) is 4.99 Å². The molecule has 6 heteroatoms. The molecule has 1 heterocycles. The van der Waals surface area contributed by atoms with Crippen LogP contribution in [0.3, 0.4) is 0 Å². The van der Waals surface area contributed by atoms with Crippen LogP contribution < -0.4 is 0 Å². The molecule has 6 nitrogen and oxygen atoms in total. The molecule has 0 saturated carbocycles. The van der Waals surface area contributed by atoms with Crippen LogP contribution >= 0.6 is 0 Å². The highest BCUT2D eigenvalue weighted by Gasteiger charge is 2.38. The first kappa shape index (κ1) is 26.2. The van der Waals surface area contributed by atoms with E-state index in [-0.39, 0.29) is 5.57 Å². The number of ether oxygens (including phenoxy) is 2. The smallest absolute Gasteiger partial charge is 0.346 e. The molecule has 0 spiro atoms. The molecule has 1 aromatic heterocycles. The molecule has 1 atom stereocenters. The van der Waals surface area contributed by atoms with Gasteiger partial charge in [-0.05, 0) is 80.3 Å². The maximum absolute atomic E-state index is 13.8. The van der Waals surface area contributed by atoms with Crippen LogP contribution in [0.25, 0.3) is 21.8 Å². The molecule has 0 bridgehead atoms. The van der Waals surface area contributed by atoms with Gasteiger partial charge in [0.2, 0.25) is 0 Å². The lowest BCUT2D eigenvalue weighted by Crippen LogP contribution is -2.35. The first-order valence-electron chi connectivity index (χ1n) is 11.9. The summed E-state index contributed by atoms with van der Waals surface area (Å²) in [6.07, 6.45) is 0. The second kappa shape index (κ2) is 9.35. The van der Waals surface area contributed by atoms with E-state index in [0.717, 1.165) is 21.8 Å². The van der Waals surface area contributed by atoms with Crippen LogP contribution in [0.4, 0.5) is 0 Å². The van der Waals surface area contributed by atoms with Crippen molar-refractivity contribution in [3.8, 4) is 0 Å². The second-order valence-electron chi connectivity index (χ2n) is 11.7. The van der Waals surface area contributed by atoms with E-state index in [1.165, 1.54) is 0 Å². The molecule has 3 aromatic rings. The summed E-state index contributed by atoms with van der Waals surface area (Å²) in [6, 6.07) is 14.4. The summed E-state index contributed by atoms with van der Waals surface area (Å²) in [7, 11) is 0. The van der Waals surface area contributed by atoms with Gasteiger partial charge in [-0.2, -0.15) is 0 Å². The number of para-hydroxylation sites is 2. The third-order valence-corrected chi connectivity index (χ3v) is 4.91. The predicted molar refractivity (Wildman–Crippen MR) is 141 cm³/mol. The highest BCUT2D eigenvalue weighted by Crippen LogP contribution is 2.35. The first-order valence-corrected chi connectivity index (χ1v) is 11.9. The van der Waals surface area contributed by atoms with E-state index in [1.807, 2.05) is 73.9 Å². The van der Waals surface area contributed by atoms with Crippen molar-refractivity contribution in [1.82, 2.24) is 4.57 Å². The maximum atomic E-state index is 13.8. The fraction of sp³-hybridized carbons (Fsp3) is 0.448. The molecule has 0 N–H and O–H groups in total. The lowest BCUT2D eigenvalue weighted by atomic mass is 10.1. The number of hydrogen-bond acceptors (Lipinski definition) is 5. The van der Waals surface area contributed by atoms with Gasteiger partial charge in [0.05, 0.1) is 16.6 Å². The number of aliphatic imine (C=N–C) groups is 1. The molecule has 0 aliphatic heterocycles. The Morgan fingerprint density at radius 1 is 0.771 bits per heavy atom. The number of fused-ring (bicyclic) bond motifs is 3. The third-order valence-electron chi connectivity index (χ3n) is 4.91. The minimum atomic E-state index is -1.15. The topological polar surface area (TPSA) is 69.9 Å². The number of aromatic nitrogens is 1. The Kier molecular flexibility index (Phi) is 7.01. The van der Waals surface area contributed by atoms with E-state index < -0.39 is 34.7 Å². The molecular formula is C29H36N2O4. The standard InChI is InChI=1S/C29H36N2O4/c1-27(2,3)30-18-21(25(32)34-28(4,5)6)24(26(33)35-29(7,8)9)31-22-16-12-10-14-19(22)20-15-11-13-17-23(20)31/h10-17,24H,1-9H3. The van der Waals surface area contributed by atoms with Gasteiger partial charge in [-0.3, -0.25) is 0 Å². The molecule has 2 aromatic carbocycles. The van der Waals surface area contributed by atoms with Gasteiger partial charge in [-0.1, -0.05) is 36.4 Å². The third kappa shape index (κ3) is 6.40. The lowest BCUT2D eigenvalue weighted by molar-refractivity contribution is -0.161. The monoisotopic (exact) mass is 476 g/mol. The van der Waals surface area contributed by atoms with E-state index in [0.29, 0.717) is 0 Å². The first-order chi connectivity index (χ1) is 16.1. The number of nitrogens with zero attached hydrogens (tertiary/aromatic N) is 2. The molecule has 1 unspecified atom stereocenters. The summed E-state index contributed by atoms with van der Waals surface area (Å²) in [5.74, 6) is 1.67. The fourth-order valence-corrected chi connectivity index (χ4v) is 3.72. The molecule has 0 fully saturated rings. The largest absolute Gasteiger partial charge is 0.458 e. The van der Waals surface area contributed by atoms with Crippen LogP contribution in [0.2, 0.25) is 0 Å². The minimum Gasteiger partial charge on any atom is -0.458 e. The fourth-order valence-electron chi connectivity index (χ4n) is 3.72. The molecule has 35 heavy (non-hydrogen) atoms. The van der Waals surface area contributed by atoms with Gasteiger partial charge in [0.25, 0.3) is 0 Å². The van der Waals surface area contributed by atoms with Crippen LogP contribution in [-0.4, -0.2) is 39.1 Å². The van der Waals surface area contributed by atoms with Crippen molar-refractivity contribution >= 4 is 39.6 Å². The molecule has 186 valence electrons. The Bertz CT molecular complexity index is 1270. The van der Waals surface area contributed by atoms with Crippen LogP contribution in [0, 0.1) is 0 Å². The number of hydrogen-bond donors (Lipinski definition) is 0. The van der Waals surface area contributed by atoms with Gasteiger partial charge in [0, 0.05) is 10.8 Å². The highest BCUT2D eigenvalue weighted by atomic mass is 16.6. The Labute approximate surface area is 207 Å². The number of esters is 2. The van der Waals surface area contributed by atoms with Crippen molar-refractivity contribution in [3.63, 3.8) is 0 Å². The summed E-state index contributed by atoms with van der Waals surface area (Å²) < 4.78 is 13.4. The maximum Gasteiger partial charge on any atom is 0.346 e. The zero-order valence-electron chi connectivity index (χ0n) is 22.2. The molecule has 0 amide bonds. The van der Waals surface area contributed by atoms with E-state index >= 15 is 0 Å². The summed E-state index contributed by atoms with van der Waals surface area (Å²) in [4.78, 5) is 31.8. The Hall–Kier alpha value is -3.37. The normalized spacial score (nSPS) is 13.3. The van der Waals surface area contributed by atoms with Gasteiger partial charge in [0.15, 0.2) is 6.04 Å². The van der Waals surface area contributed by atoms with E-state index in [4.69, 9.17) is 9.47 Å². The van der Waals surface area contributed by atoms with Crippen LogP contribution in [0.15, 0.2) is 59.1 Å². The molecule has 0 aliphatic carbocycles. The van der Waals surface area contributed by atoms with Gasteiger partial charge >= 0.3 is 11.9 Å². The van der Waals surface area contributed by atoms with Crippen molar-refractivity contribution in [2.45, 2.75) is 85.1 Å². The zero-order valence-corrected chi connectivity index (χ0v) is 22.2. The summed E-state index contributed by atoms with van der Waals surface area (Å²) in [5.41, 5.74) is -0.478. The SMILES string of the molecule is CC(C)(C)N=C=C(C(=O)OC(C)(C)C)C(C(=O)OC(C)(C)C)n1c2ccccc2c2ccccc21. The van der Waals surface area contributed by atoms with Crippen molar-refractivity contribution < 1.29 is 19.1 Å². The Morgan fingerprint density at radius 2 is 1.23 bits per heavy atom. The summed E-state index contributed by atoms with van der Waals surface area (Å²) in [5, 5.41) is 1.93. The molecule has 0 saturated heterocycles. The van der Waals surface area contributed by atoms with Gasteiger partial charge < -0.3 is 14.0 Å². The zero-order chi connectivity index (χ0) is 26.2. The molecular weight excluding hydrogens is 440 g/mol. The average Bonchev–Trinajstić information content (AvgIpc) is 3.02. The molecule has 0 radical (unpaired) electrons. The van der Waals surface area contributed by atoms with Gasteiger partial charge in [-0.15, -0.1) is 0 Å². The van der Waals surface area contributed by atoms with Crippen molar-refractivity contribution in [2.75, 3.05) is 0 Å². The Morgan fingerprint density at radius 3 is 1.66 bits per heavy atom. The Balaban J connectivity index is 2.41.